The lowest BCUT2D eigenvalue weighted by atomic mass is 9.88. The summed E-state index contributed by atoms with van der Waals surface area (Å²) >= 11 is 13.0. The molecule has 3 rings (SSSR count). The molecule has 1 unspecified atom stereocenters. The Morgan fingerprint density at radius 1 is 0.548 bits per heavy atom. The van der Waals surface area contributed by atoms with Gasteiger partial charge in [-0.25, -0.2) is 16.8 Å². The topological polar surface area (TPSA) is 139 Å². The van der Waals surface area contributed by atoms with Crippen LogP contribution in [0.15, 0.2) is 70.5 Å². The number of aryl methyl sites for hydroxylation is 2. The number of nitrogens with one attached hydrogen (secondary N) is 3. The monoisotopic (exact) mass is 933 g/mol. The molecule has 62 heavy (non-hydrogen) atoms. The maximum absolute atomic E-state index is 13.7. The molecule has 3 aromatic rings. The van der Waals surface area contributed by atoms with Gasteiger partial charge < -0.3 is 5.32 Å². The number of unbranched alkanes of at least 4 members (excludes halogenated alkanes) is 18. The van der Waals surface area contributed by atoms with E-state index in [1.807, 2.05) is 0 Å². The van der Waals surface area contributed by atoms with Gasteiger partial charge in [-0.15, -0.1) is 11.6 Å². The molecule has 9 nitrogen and oxygen atoms in total. The minimum atomic E-state index is -4.23. The summed E-state index contributed by atoms with van der Waals surface area (Å²) in [4.78, 5) is 26.0. The van der Waals surface area contributed by atoms with E-state index in [-0.39, 0.29) is 31.9 Å². The van der Waals surface area contributed by atoms with Gasteiger partial charge >= 0.3 is 0 Å². The van der Waals surface area contributed by atoms with E-state index in [1.165, 1.54) is 139 Å². The number of hydrogen-bond acceptors (Lipinski definition) is 6. The quantitative estimate of drug-likeness (QED) is 0.0334. The lowest BCUT2D eigenvalue weighted by Crippen LogP contribution is -2.37. The van der Waals surface area contributed by atoms with Crippen LogP contribution in [0.25, 0.3) is 0 Å². The molecule has 0 fully saturated rings. The Labute approximate surface area is 384 Å². The summed E-state index contributed by atoms with van der Waals surface area (Å²) in [5.41, 5.74) is 0.686. The molecule has 1 amide bonds. The third-order valence-electron chi connectivity index (χ3n) is 11.1. The van der Waals surface area contributed by atoms with Crippen LogP contribution in [0.5, 0.6) is 0 Å². The zero-order valence-electron chi connectivity index (χ0n) is 37.9. The molecule has 0 bridgehead atoms. The van der Waals surface area contributed by atoms with Crippen molar-refractivity contribution in [3.63, 3.8) is 0 Å². The van der Waals surface area contributed by atoms with Crippen LogP contribution < -0.4 is 14.8 Å². The molecule has 1 atom stereocenters. The number of alkyl halides is 1. The van der Waals surface area contributed by atoms with E-state index in [9.17, 15) is 26.4 Å². The number of anilines is 3. The second-order valence-electron chi connectivity index (χ2n) is 17.7. The molecule has 0 saturated heterocycles. The van der Waals surface area contributed by atoms with E-state index in [1.54, 1.807) is 45.0 Å². The number of ketones is 1. The highest BCUT2D eigenvalue weighted by atomic mass is 35.5. The summed E-state index contributed by atoms with van der Waals surface area (Å²) in [6, 6.07) is 15.8. The highest BCUT2D eigenvalue weighted by molar-refractivity contribution is 7.93. The zero-order valence-corrected chi connectivity index (χ0v) is 41.1. The van der Waals surface area contributed by atoms with Crippen LogP contribution in [-0.4, -0.2) is 33.9 Å². The summed E-state index contributed by atoms with van der Waals surface area (Å²) in [5, 5.41) is 0.684. The van der Waals surface area contributed by atoms with Gasteiger partial charge in [0.25, 0.3) is 20.0 Å². The van der Waals surface area contributed by atoms with Crippen LogP contribution in [0, 0.1) is 5.41 Å². The van der Waals surface area contributed by atoms with Gasteiger partial charge in [0.2, 0.25) is 5.91 Å². The third kappa shape index (κ3) is 18.9. The standard InChI is InChI=1S/C49H73Cl2N3O6S2/c1-6-8-10-12-14-16-18-20-22-24-26-38-28-32-41(33-29-38)61(57,58)53-40-36-43(52-48(56)46(51)47(55)49(3,4)5)45(50)44(37-40)54-62(59,60)42-34-30-39(31-35-42)27-25-23-21-19-17-15-13-11-9-7-2/h28-37,46,53-54H,6-27H2,1-5H3,(H,52,56). The molecule has 0 aromatic heterocycles. The maximum atomic E-state index is 13.7. The van der Waals surface area contributed by atoms with Crippen molar-refractivity contribution in [3.8, 4) is 0 Å². The Bertz CT molecular complexity index is 2030. The first-order valence-corrected chi connectivity index (χ1v) is 26.8. The van der Waals surface area contributed by atoms with Crippen LogP contribution in [0.2, 0.25) is 5.02 Å². The smallest absolute Gasteiger partial charge is 0.261 e. The predicted octanol–water partition coefficient (Wildman–Crippen LogP) is 14.0. The molecular weight excluding hydrogens is 862 g/mol. The van der Waals surface area contributed by atoms with E-state index >= 15 is 0 Å². The van der Waals surface area contributed by atoms with E-state index in [0.717, 1.165) is 49.7 Å². The maximum Gasteiger partial charge on any atom is 0.261 e. The molecular formula is C49H73Cl2N3O6S2. The molecule has 0 aliphatic carbocycles. The number of carbonyl (C=O) groups is 2. The molecule has 0 heterocycles. The number of rotatable bonds is 31. The Kier molecular flexibility index (Phi) is 23.4. The van der Waals surface area contributed by atoms with Gasteiger partial charge in [-0.3, -0.25) is 19.0 Å². The molecule has 0 aliphatic heterocycles. The van der Waals surface area contributed by atoms with E-state index in [0.29, 0.717) is 0 Å². The summed E-state index contributed by atoms with van der Waals surface area (Å²) in [6.07, 6.45) is 26.4. The molecule has 0 aliphatic rings. The summed E-state index contributed by atoms with van der Waals surface area (Å²) in [6.45, 7) is 9.34. The number of hydrogen-bond donors (Lipinski definition) is 3. The summed E-state index contributed by atoms with van der Waals surface area (Å²) in [7, 11) is -8.41. The van der Waals surface area contributed by atoms with Crippen LogP contribution in [0.4, 0.5) is 17.1 Å². The minimum Gasteiger partial charge on any atom is -0.323 e. The van der Waals surface area contributed by atoms with Crippen molar-refractivity contribution in [2.45, 2.75) is 191 Å². The minimum absolute atomic E-state index is 0.00137. The van der Waals surface area contributed by atoms with E-state index in [4.69, 9.17) is 23.2 Å². The van der Waals surface area contributed by atoms with Crippen LogP contribution in [0.1, 0.15) is 174 Å². The highest BCUT2D eigenvalue weighted by Crippen LogP contribution is 2.37. The predicted molar refractivity (Wildman–Crippen MR) is 260 cm³/mol. The average Bonchev–Trinajstić information content (AvgIpc) is 3.23. The lowest BCUT2D eigenvalue weighted by Gasteiger charge is -2.21. The van der Waals surface area contributed by atoms with Gasteiger partial charge in [0.1, 0.15) is 0 Å². The normalized spacial score (nSPS) is 12.6. The first kappa shape index (κ1) is 53.2. The second kappa shape index (κ2) is 27.3. The van der Waals surface area contributed by atoms with Gasteiger partial charge in [0.15, 0.2) is 11.2 Å². The highest BCUT2D eigenvalue weighted by Gasteiger charge is 2.34. The van der Waals surface area contributed by atoms with Crippen molar-refractivity contribution in [1.29, 1.82) is 0 Å². The fraction of sp³-hybridized carbons (Fsp3) is 0.592. The third-order valence-corrected chi connectivity index (χ3v) is 14.7. The van der Waals surface area contributed by atoms with Crippen LogP contribution >= 0.6 is 23.2 Å². The number of halogens is 2. The molecule has 3 aromatic carbocycles. The van der Waals surface area contributed by atoms with Gasteiger partial charge in [0, 0.05) is 5.41 Å². The lowest BCUT2D eigenvalue weighted by molar-refractivity contribution is -0.130. The fourth-order valence-corrected chi connectivity index (χ4v) is 10.0. The number of amides is 1. The second-order valence-corrected chi connectivity index (χ2v) is 21.9. The van der Waals surface area contributed by atoms with Gasteiger partial charge in [-0.05, 0) is 73.2 Å². The van der Waals surface area contributed by atoms with Crippen LogP contribution in [0.3, 0.4) is 0 Å². The van der Waals surface area contributed by atoms with Crippen LogP contribution in [-0.2, 0) is 42.5 Å². The fourth-order valence-electron chi connectivity index (χ4n) is 7.27. The Morgan fingerprint density at radius 3 is 1.29 bits per heavy atom. The molecule has 0 spiro atoms. The first-order valence-electron chi connectivity index (χ1n) is 23.0. The molecule has 0 radical (unpaired) electrons. The zero-order chi connectivity index (χ0) is 45.6. The van der Waals surface area contributed by atoms with Crippen molar-refractivity contribution in [2.75, 3.05) is 14.8 Å². The van der Waals surface area contributed by atoms with Crippen molar-refractivity contribution < 1.29 is 26.4 Å². The average molecular weight is 935 g/mol. The molecule has 0 saturated carbocycles. The van der Waals surface area contributed by atoms with Gasteiger partial charge in [-0.1, -0.05) is 186 Å². The number of sulfonamides is 2. The molecule has 346 valence electrons. The number of Topliss-reactive ketones (excluding diaryl/α,β-unsaturated/α-hetero) is 1. The summed E-state index contributed by atoms with van der Waals surface area (Å²) < 4.78 is 59.8. The van der Waals surface area contributed by atoms with Crippen molar-refractivity contribution in [3.05, 3.63) is 76.8 Å². The van der Waals surface area contributed by atoms with E-state index in [2.05, 4.69) is 28.6 Å². The summed E-state index contributed by atoms with van der Waals surface area (Å²) in [5.74, 6) is -1.45. The van der Waals surface area contributed by atoms with Gasteiger partial charge in [0.05, 0.1) is 31.9 Å². The number of benzene rings is 3. The SMILES string of the molecule is CCCCCCCCCCCCc1ccc(S(=O)(=O)Nc2cc(NC(=O)C(Cl)C(=O)C(C)(C)C)c(Cl)c(NS(=O)(=O)c3ccc(CCCCCCCCCCCC)cc3)c2)cc1. The number of carbonyl (C=O) groups excluding carboxylic acids is 2. The molecule has 13 heteroatoms. The van der Waals surface area contributed by atoms with E-state index < -0.39 is 42.5 Å². The van der Waals surface area contributed by atoms with Crippen molar-refractivity contribution in [2.24, 2.45) is 5.41 Å². The van der Waals surface area contributed by atoms with Gasteiger partial charge in [-0.2, -0.15) is 0 Å². The Balaban J connectivity index is 1.72. The largest absolute Gasteiger partial charge is 0.323 e. The first-order chi connectivity index (χ1) is 29.5. The molecule has 3 N–H and O–H groups in total. The Hall–Kier alpha value is -3.12. The Morgan fingerprint density at radius 2 is 0.903 bits per heavy atom. The van der Waals surface area contributed by atoms with Crippen molar-refractivity contribution >= 4 is 72.0 Å². The van der Waals surface area contributed by atoms with Crippen molar-refractivity contribution in [1.82, 2.24) is 0 Å².